The van der Waals surface area contributed by atoms with Gasteiger partial charge in [0, 0.05) is 19.6 Å². The fourth-order valence-electron chi connectivity index (χ4n) is 1.89. The Labute approximate surface area is 95.0 Å². The first-order chi connectivity index (χ1) is 7.75. The third-order valence-corrected chi connectivity index (χ3v) is 2.72. The lowest BCUT2D eigenvalue weighted by molar-refractivity contribution is 0.0696. The molecule has 0 aromatic heterocycles. The summed E-state index contributed by atoms with van der Waals surface area (Å²) in [6.45, 7) is 2.83. The summed E-state index contributed by atoms with van der Waals surface area (Å²) in [5.41, 5.74) is 1.43. The minimum Gasteiger partial charge on any atom is -0.478 e. The highest BCUT2D eigenvalue weighted by molar-refractivity contribution is 5.87. The number of hydrogen-bond acceptors (Lipinski definition) is 2. The quantitative estimate of drug-likeness (QED) is 0.789. The Morgan fingerprint density at radius 2 is 2.25 bits per heavy atom. The molecule has 0 bridgehead atoms. The fraction of sp³-hybridized carbons (Fsp3) is 0.308. The van der Waals surface area contributed by atoms with Crippen molar-refractivity contribution in [3.63, 3.8) is 0 Å². The predicted octanol–water partition coefficient (Wildman–Crippen LogP) is 2.15. The molecule has 0 radical (unpaired) electrons. The highest BCUT2D eigenvalue weighted by Gasteiger charge is 2.08. The van der Waals surface area contributed by atoms with E-state index in [1.165, 1.54) is 0 Å². The molecule has 1 heterocycles. The van der Waals surface area contributed by atoms with E-state index in [4.69, 9.17) is 5.11 Å². The van der Waals surface area contributed by atoms with Crippen LogP contribution in [-0.4, -0.2) is 29.1 Å². The average Bonchev–Trinajstić information content (AvgIpc) is 2.30. The molecule has 1 aliphatic rings. The molecule has 84 valence electrons. The second-order valence-electron chi connectivity index (χ2n) is 4.00. The van der Waals surface area contributed by atoms with Crippen LogP contribution in [0.15, 0.2) is 36.4 Å². The zero-order valence-electron chi connectivity index (χ0n) is 9.10. The van der Waals surface area contributed by atoms with Gasteiger partial charge in [-0.1, -0.05) is 24.3 Å². The Bertz CT molecular complexity index is 412. The van der Waals surface area contributed by atoms with Gasteiger partial charge in [0.2, 0.25) is 0 Å². The highest BCUT2D eigenvalue weighted by Crippen LogP contribution is 2.11. The number of carbonyl (C=O) groups is 1. The first kappa shape index (κ1) is 10.9. The largest absolute Gasteiger partial charge is 0.478 e. The molecule has 1 aromatic rings. The van der Waals surface area contributed by atoms with Crippen LogP contribution >= 0.6 is 0 Å². The van der Waals surface area contributed by atoms with Crippen LogP contribution in [0.5, 0.6) is 0 Å². The molecule has 1 N–H and O–H groups in total. The normalized spacial score (nSPS) is 16.2. The SMILES string of the molecule is O=C(O)c1cccc(CN2CC=CCC2)c1. The lowest BCUT2D eigenvalue weighted by Gasteiger charge is -2.22. The van der Waals surface area contributed by atoms with Crippen molar-refractivity contribution in [1.82, 2.24) is 4.90 Å². The van der Waals surface area contributed by atoms with Gasteiger partial charge in [0.25, 0.3) is 0 Å². The van der Waals surface area contributed by atoms with Crippen molar-refractivity contribution in [3.05, 3.63) is 47.5 Å². The second-order valence-corrected chi connectivity index (χ2v) is 4.00. The number of rotatable bonds is 3. The van der Waals surface area contributed by atoms with E-state index in [1.54, 1.807) is 18.2 Å². The molecule has 0 fully saturated rings. The maximum absolute atomic E-state index is 10.8. The van der Waals surface area contributed by atoms with Crippen LogP contribution in [0.3, 0.4) is 0 Å². The fourth-order valence-corrected chi connectivity index (χ4v) is 1.89. The van der Waals surface area contributed by atoms with Crippen LogP contribution in [0.1, 0.15) is 22.3 Å². The maximum Gasteiger partial charge on any atom is 0.335 e. The molecular formula is C13H15NO2. The summed E-state index contributed by atoms with van der Waals surface area (Å²) < 4.78 is 0. The Balaban J connectivity index is 2.06. The van der Waals surface area contributed by atoms with Crippen LogP contribution in [0.25, 0.3) is 0 Å². The maximum atomic E-state index is 10.8. The van der Waals surface area contributed by atoms with Gasteiger partial charge in [-0.05, 0) is 24.1 Å². The van der Waals surface area contributed by atoms with Crippen molar-refractivity contribution in [2.24, 2.45) is 0 Å². The first-order valence-corrected chi connectivity index (χ1v) is 5.45. The number of aromatic carboxylic acids is 1. The van der Waals surface area contributed by atoms with E-state index in [0.717, 1.165) is 31.6 Å². The van der Waals surface area contributed by atoms with Crippen molar-refractivity contribution < 1.29 is 9.90 Å². The van der Waals surface area contributed by atoms with Crippen molar-refractivity contribution >= 4 is 5.97 Å². The van der Waals surface area contributed by atoms with E-state index in [2.05, 4.69) is 17.1 Å². The van der Waals surface area contributed by atoms with Crippen molar-refractivity contribution in [1.29, 1.82) is 0 Å². The van der Waals surface area contributed by atoms with Crippen molar-refractivity contribution in [2.75, 3.05) is 13.1 Å². The van der Waals surface area contributed by atoms with Crippen LogP contribution in [0.2, 0.25) is 0 Å². The molecule has 0 unspecified atom stereocenters. The zero-order valence-corrected chi connectivity index (χ0v) is 9.10. The van der Waals surface area contributed by atoms with E-state index < -0.39 is 5.97 Å². The molecule has 3 nitrogen and oxygen atoms in total. The zero-order chi connectivity index (χ0) is 11.4. The molecule has 1 aromatic carbocycles. The molecule has 0 atom stereocenters. The lowest BCUT2D eigenvalue weighted by atomic mass is 10.1. The topological polar surface area (TPSA) is 40.5 Å². The molecule has 0 amide bonds. The van der Waals surface area contributed by atoms with Crippen molar-refractivity contribution in [3.8, 4) is 0 Å². The van der Waals surface area contributed by atoms with E-state index in [1.807, 2.05) is 6.07 Å². The Morgan fingerprint density at radius 1 is 1.38 bits per heavy atom. The van der Waals surface area contributed by atoms with Crippen molar-refractivity contribution in [2.45, 2.75) is 13.0 Å². The Morgan fingerprint density at radius 3 is 2.94 bits per heavy atom. The molecule has 0 aliphatic carbocycles. The van der Waals surface area contributed by atoms with Crippen LogP contribution in [0.4, 0.5) is 0 Å². The summed E-state index contributed by atoms with van der Waals surface area (Å²) >= 11 is 0. The molecule has 0 saturated carbocycles. The number of carboxylic acid groups (broad SMARTS) is 1. The Hall–Kier alpha value is -1.61. The molecule has 1 aliphatic heterocycles. The van der Waals surface area contributed by atoms with Gasteiger partial charge in [-0.3, -0.25) is 4.90 Å². The number of nitrogens with zero attached hydrogens (tertiary/aromatic N) is 1. The van der Waals surface area contributed by atoms with Gasteiger partial charge in [-0.25, -0.2) is 4.79 Å². The van der Waals surface area contributed by atoms with Crippen LogP contribution < -0.4 is 0 Å². The van der Waals surface area contributed by atoms with Gasteiger partial charge in [0.15, 0.2) is 0 Å². The first-order valence-electron chi connectivity index (χ1n) is 5.45. The minimum atomic E-state index is -0.861. The summed E-state index contributed by atoms with van der Waals surface area (Å²) in [6, 6.07) is 7.16. The van der Waals surface area contributed by atoms with Gasteiger partial charge in [0.05, 0.1) is 5.56 Å². The summed E-state index contributed by atoms with van der Waals surface area (Å²) in [7, 11) is 0. The molecule has 16 heavy (non-hydrogen) atoms. The van der Waals surface area contributed by atoms with Gasteiger partial charge in [-0.2, -0.15) is 0 Å². The second kappa shape index (κ2) is 4.94. The third-order valence-electron chi connectivity index (χ3n) is 2.72. The van der Waals surface area contributed by atoms with E-state index in [0.29, 0.717) is 5.56 Å². The standard InChI is InChI=1S/C13H15NO2/c15-13(16)12-6-4-5-11(9-12)10-14-7-2-1-3-8-14/h1-2,4-6,9H,3,7-8,10H2,(H,15,16). The molecule has 0 saturated heterocycles. The minimum absolute atomic E-state index is 0.366. The summed E-state index contributed by atoms with van der Waals surface area (Å²) in [5, 5.41) is 8.89. The average molecular weight is 217 g/mol. The van der Waals surface area contributed by atoms with Crippen LogP contribution in [0, 0.1) is 0 Å². The third kappa shape index (κ3) is 2.70. The molecular weight excluding hydrogens is 202 g/mol. The van der Waals surface area contributed by atoms with E-state index in [9.17, 15) is 4.79 Å². The van der Waals surface area contributed by atoms with E-state index >= 15 is 0 Å². The predicted molar refractivity (Wildman–Crippen MR) is 62.4 cm³/mol. The van der Waals surface area contributed by atoms with E-state index in [-0.39, 0.29) is 0 Å². The van der Waals surface area contributed by atoms with Crippen LogP contribution in [-0.2, 0) is 6.54 Å². The smallest absolute Gasteiger partial charge is 0.335 e. The highest BCUT2D eigenvalue weighted by atomic mass is 16.4. The summed E-state index contributed by atoms with van der Waals surface area (Å²) in [6.07, 6.45) is 5.42. The monoisotopic (exact) mass is 217 g/mol. The number of carboxylic acids is 1. The van der Waals surface area contributed by atoms with Gasteiger partial charge >= 0.3 is 5.97 Å². The molecule has 2 rings (SSSR count). The van der Waals surface area contributed by atoms with Gasteiger partial charge in [-0.15, -0.1) is 0 Å². The Kier molecular flexibility index (Phi) is 3.37. The lowest BCUT2D eigenvalue weighted by Crippen LogP contribution is -2.26. The number of benzene rings is 1. The van der Waals surface area contributed by atoms with Gasteiger partial charge < -0.3 is 5.11 Å². The summed E-state index contributed by atoms with van der Waals surface area (Å²) in [4.78, 5) is 13.1. The summed E-state index contributed by atoms with van der Waals surface area (Å²) in [5.74, 6) is -0.861. The number of hydrogen-bond donors (Lipinski definition) is 1. The molecule has 0 spiro atoms. The van der Waals surface area contributed by atoms with Gasteiger partial charge in [0.1, 0.15) is 0 Å². The molecule has 3 heteroatoms.